The topological polar surface area (TPSA) is 77.6 Å². The highest BCUT2D eigenvalue weighted by Gasteiger charge is 2.08. The smallest absolute Gasteiger partial charge is 0.243 e. The lowest BCUT2D eigenvalue weighted by Gasteiger charge is -2.05. The van der Waals surface area contributed by atoms with Crippen molar-refractivity contribution >= 4 is 16.9 Å². The van der Waals surface area contributed by atoms with Crippen LogP contribution in [0.2, 0.25) is 0 Å². The van der Waals surface area contributed by atoms with Gasteiger partial charge in [-0.2, -0.15) is 20.1 Å². The molecule has 1 N–H and O–H groups in total. The van der Waals surface area contributed by atoms with Crippen LogP contribution in [0.15, 0.2) is 60.9 Å². The Morgan fingerprint density at radius 3 is 2.46 bits per heavy atom. The Morgan fingerprint density at radius 2 is 1.73 bits per heavy atom. The standard InChI is InChI=1S/C19H18N6O/c1-14-6-2-5-9-18(14)24-12-15(11-21-24)10-20-19(26)13-25-22-16-7-3-4-8-17(16)23-25/h2-9,11-12H,10,13H2,1H3,(H,20,26). The molecule has 0 aliphatic heterocycles. The minimum atomic E-state index is -0.144. The van der Waals surface area contributed by atoms with Crippen LogP contribution in [-0.2, 0) is 17.9 Å². The third kappa shape index (κ3) is 3.32. The van der Waals surface area contributed by atoms with Crippen LogP contribution in [0.5, 0.6) is 0 Å². The second-order valence-corrected chi connectivity index (χ2v) is 6.08. The van der Waals surface area contributed by atoms with Crippen LogP contribution in [0.25, 0.3) is 16.7 Å². The number of hydrogen-bond acceptors (Lipinski definition) is 4. The summed E-state index contributed by atoms with van der Waals surface area (Å²) >= 11 is 0. The summed E-state index contributed by atoms with van der Waals surface area (Å²) in [5, 5.41) is 15.8. The van der Waals surface area contributed by atoms with Gasteiger partial charge in [-0.25, -0.2) is 4.68 Å². The zero-order valence-electron chi connectivity index (χ0n) is 14.3. The van der Waals surface area contributed by atoms with Crippen LogP contribution < -0.4 is 5.32 Å². The second kappa shape index (κ2) is 6.79. The summed E-state index contributed by atoms with van der Waals surface area (Å²) in [6.07, 6.45) is 3.68. The monoisotopic (exact) mass is 346 g/mol. The van der Waals surface area contributed by atoms with Crippen molar-refractivity contribution in [2.24, 2.45) is 0 Å². The van der Waals surface area contributed by atoms with Crippen molar-refractivity contribution in [3.8, 4) is 5.69 Å². The minimum Gasteiger partial charge on any atom is -0.350 e. The number of fused-ring (bicyclic) bond motifs is 1. The van der Waals surface area contributed by atoms with E-state index in [4.69, 9.17) is 0 Å². The fraction of sp³-hybridized carbons (Fsp3) is 0.158. The summed E-state index contributed by atoms with van der Waals surface area (Å²) in [7, 11) is 0. The molecule has 0 bridgehead atoms. The number of benzene rings is 2. The predicted molar refractivity (Wildman–Crippen MR) is 97.7 cm³/mol. The first kappa shape index (κ1) is 16.0. The van der Waals surface area contributed by atoms with E-state index in [-0.39, 0.29) is 12.5 Å². The number of nitrogens with one attached hydrogen (secondary N) is 1. The van der Waals surface area contributed by atoms with Crippen LogP contribution in [0.4, 0.5) is 0 Å². The van der Waals surface area contributed by atoms with Gasteiger partial charge in [0.15, 0.2) is 0 Å². The fourth-order valence-corrected chi connectivity index (χ4v) is 2.76. The molecule has 0 saturated heterocycles. The summed E-state index contributed by atoms with van der Waals surface area (Å²) in [6, 6.07) is 15.6. The SMILES string of the molecule is Cc1ccccc1-n1cc(CNC(=O)Cn2nc3ccccc3n2)cn1. The predicted octanol–water partition coefficient (Wildman–Crippen LogP) is 2.24. The molecule has 2 heterocycles. The van der Waals surface area contributed by atoms with Gasteiger partial charge in [0.2, 0.25) is 5.91 Å². The molecule has 7 nitrogen and oxygen atoms in total. The summed E-state index contributed by atoms with van der Waals surface area (Å²) < 4.78 is 1.82. The molecule has 0 fully saturated rings. The summed E-state index contributed by atoms with van der Waals surface area (Å²) in [6.45, 7) is 2.53. The molecular formula is C19H18N6O. The molecule has 26 heavy (non-hydrogen) atoms. The molecule has 2 aromatic heterocycles. The van der Waals surface area contributed by atoms with Gasteiger partial charge in [-0.05, 0) is 30.7 Å². The van der Waals surface area contributed by atoms with E-state index in [1.54, 1.807) is 6.20 Å². The van der Waals surface area contributed by atoms with E-state index in [1.165, 1.54) is 4.80 Å². The van der Waals surface area contributed by atoms with Crippen molar-refractivity contribution < 1.29 is 4.79 Å². The van der Waals surface area contributed by atoms with Crippen molar-refractivity contribution in [2.75, 3.05) is 0 Å². The van der Waals surface area contributed by atoms with E-state index in [0.29, 0.717) is 6.54 Å². The molecule has 2 aromatic carbocycles. The Bertz CT molecular complexity index is 1030. The maximum atomic E-state index is 12.2. The second-order valence-electron chi connectivity index (χ2n) is 6.08. The number of carbonyl (C=O) groups excluding carboxylic acids is 1. The summed E-state index contributed by atoms with van der Waals surface area (Å²) in [5.41, 5.74) is 4.65. The number of nitrogens with zero attached hydrogens (tertiary/aromatic N) is 5. The molecule has 0 unspecified atom stereocenters. The van der Waals surface area contributed by atoms with Gasteiger partial charge in [0.1, 0.15) is 17.6 Å². The van der Waals surface area contributed by atoms with Crippen molar-refractivity contribution in [3.05, 3.63) is 72.1 Å². The molecule has 0 spiro atoms. The molecule has 0 radical (unpaired) electrons. The number of rotatable bonds is 5. The molecule has 0 aliphatic rings. The van der Waals surface area contributed by atoms with Crippen molar-refractivity contribution in [1.29, 1.82) is 0 Å². The third-order valence-electron chi connectivity index (χ3n) is 4.10. The van der Waals surface area contributed by atoms with E-state index in [9.17, 15) is 4.79 Å². The third-order valence-corrected chi connectivity index (χ3v) is 4.10. The first-order chi connectivity index (χ1) is 12.7. The molecule has 0 saturated carbocycles. The molecule has 0 atom stereocenters. The van der Waals surface area contributed by atoms with Gasteiger partial charge in [-0.1, -0.05) is 30.3 Å². The summed E-state index contributed by atoms with van der Waals surface area (Å²) in [5.74, 6) is -0.144. The Hall–Kier alpha value is -3.48. The molecular weight excluding hydrogens is 328 g/mol. The van der Waals surface area contributed by atoms with Gasteiger partial charge in [-0.3, -0.25) is 4.79 Å². The maximum Gasteiger partial charge on any atom is 0.243 e. The van der Waals surface area contributed by atoms with Gasteiger partial charge in [-0.15, -0.1) is 0 Å². The highest BCUT2D eigenvalue weighted by atomic mass is 16.2. The quantitative estimate of drug-likeness (QED) is 0.601. The molecule has 1 amide bonds. The van der Waals surface area contributed by atoms with Crippen LogP contribution in [0.3, 0.4) is 0 Å². The number of aromatic nitrogens is 5. The lowest BCUT2D eigenvalue weighted by molar-refractivity contribution is -0.122. The Balaban J connectivity index is 1.38. The molecule has 130 valence electrons. The Kier molecular flexibility index (Phi) is 4.18. The molecule has 7 heteroatoms. The number of hydrogen-bond donors (Lipinski definition) is 1. The van der Waals surface area contributed by atoms with Gasteiger partial charge in [0, 0.05) is 18.3 Å². The fourth-order valence-electron chi connectivity index (χ4n) is 2.76. The van der Waals surface area contributed by atoms with Gasteiger partial charge in [0.05, 0.1) is 11.9 Å². The summed E-state index contributed by atoms with van der Waals surface area (Å²) in [4.78, 5) is 13.6. The highest BCUT2D eigenvalue weighted by molar-refractivity contribution is 5.77. The molecule has 4 rings (SSSR count). The maximum absolute atomic E-state index is 12.2. The number of aryl methyl sites for hydroxylation is 1. The molecule has 0 aliphatic carbocycles. The van der Waals surface area contributed by atoms with E-state index < -0.39 is 0 Å². The van der Waals surface area contributed by atoms with Crippen molar-refractivity contribution in [3.63, 3.8) is 0 Å². The van der Waals surface area contributed by atoms with Crippen molar-refractivity contribution in [2.45, 2.75) is 20.0 Å². The van der Waals surface area contributed by atoms with E-state index in [0.717, 1.165) is 27.8 Å². The van der Waals surface area contributed by atoms with E-state index >= 15 is 0 Å². The first-order valence-corrected chi connectivity index (χ1v) is 8.35. The Morgan fingerprint density at radius 1 is 1.04 bits per heavy atom. The van der Waals surface area contributed by atoms with Gasteiger partial charge < -0.3 is 5.32 Å². The minimum absolute atomic E-state index is 0.0839. The highest BCUT2D eigenvalue weighted by Crippen LogP contribution is 2.13. The lowest BCUT2D eigenvalue weighted by Crippen LogP contribution is -2.27. The van der Waals surface area contributed by atoms with Gasteiger partial charge >= 0.3 is 0 Å². The largest absolute Gasteiger partial charge is 0.350 e. The van der Waals surface area contributed by atoms with Crippen LogP contribution in [0, 0.1) is 6.92 Å². The number of amides is 1. The van der Waals surface area contributed by atoms with E-state index in [2.05, 4.69) is 20.6 Å². The Labute approximate surface area is 150 Å². The van der Waals surface area contributed by atoms with Crippen LogP contribution in [0.1, 0.15) is 11.1 Å². The van der Waals surface area contributed by atoms with E-state index in [1.807, 2.05) is 66.3 Å². The van der Waals surface area contributed by atoms with Crippen molar-refractivity contribution in [1.82, 2.24) is 30.1 Å². The normalized spacial score (nSPS) is 11.0. The average Bonchev–Trinajstić information content (AvgIpc) is 3.26. The first-order valence-electron chi connectivity index (χ1n) is 8.35. The number of para-hydroxylation sites is 1. The lowest BCUT2D eigenvalue weighted by atomic mass is 10.2. The average molecular weight is 346 g/mol. The molecule has 4 aromatic rings. The van der Waals surface area contributed by atoms with Gasteiger partial charge in [0.25, 0.3) is 0 Å². The zero-order valence-corrected chi connectivity index (χ0v) is 14.3. The number of carbonyl (C=O) groups is 1. The van der Waals surface area contributed by atoms with Crippen LogP contribution >= 0.6 is 0 Å². The zero-order chi connectivity index (χ0) is 17.9. The van der Waals surface area contributed by atoms with Crippen LogP contribution in [-0.4, -0.2) is 30.7 Å².